The summed E-state index contributed by atoms with van der Waals surface area (Å²) < 4.78 is 15.4. The third kappa shape index (κ3) is 4.61. The van der Waals surface area contributed by atoms with Gasteiger partial charge in [-0.05, 0) is 6.92 Å². The molecule has 0 saturated carbocycles. The normalized spacial score (nSPS) is 12.8. The van der Waals surface area contributed by atoms with Crippen LogP contribution in [0, 0.1) is 6.92 Å². The van der Waals surface area contributed by atoms with Gasteiger partial charge >= 0.3 is 6.03 Å². The van der Waals surface area contributed by atoms with Crippen molar-refractivity contribution in [1.29, 1.82) is 0 Å². The number of fused-ring (bicyclic) bond motifs is 1. The number of nitrogens with one attached hydrogen (secondary N) is 2. The lowest BCUT2D eigenvalue weighted by Gasteiger charge is -2.26. The van der Waals surface area contributed by atoms with Gasteiger partial charge in [0.2, 0.25) is 0 Å². The Bertz CT molecular complexity index is 1100. The molecule has 1 aromatic carbocycles. The number of hydrogen-bond acceptors (Lipinski definition) is 8. The highest BCUT2D eigenvalue weighted by molar-refractivity contribution is 7.15. The van der Waals surface area contributed by atoms with Crippen molar-refractivity contribution in [3.05, 3.63) is 46.3 Å². The van der Waals surface area contributed by atoms with Crippen LogP contribution in [-0.2, 0) is 13.0 Å². The van der Waals surface area contributed by atoms with E-state index < -0.39 is 0 Å². The number of urea groups is 1. The van der Waals surface area contributed by atoms with E-state index in [1.165, 1.54) is 11.3 Å². The van der Waals surface area contributed by atoms with E-state index in [0.717, 1.165) is 10.6 Å². The minimum atomic E-state index is -0.385. The molecule has 162 valence electrons. The predicted octanol–water partition coefficient (Wildman–Crippen LogP) is 3.30. The van der Waals surface area contributed by atoms with Crippen molar-refractivity contribution in [2.24, 2.45) is 0 Å². The Kier molecular flexibility index (Phi) is 5.76. The van der Waals surface area contributed by atoms with Gasteiger partial charge in [0.1, 0.15) is 17.3 Å². The Balaban J connectivity index is 1.42. The molecule has 11 heteroatoms. The van der Waals surface area contributed by atoms with E-state index >= 15 is 0 Å². The standard InChI is InChI=1S/C20H21N5O5S/c1-11-6-16(24-30-11)18(26)23-19-22-15-4-5-25(10-17(15)31-19)20(27)21-12-7-13(28-2)9-14(8-12)29-3/h6-9H,4-5,10H2,1-3H3,(H,21,27)(H,22,23,26). The Morgan fingerprint density at radius 1 is 1.13 bits per heavy atom. The monoisotopic (exact) mass is 443 g/mol. The van der Waals surface area contributed by atoms with Crippen LogP contribution in [0.1, 0.15) is 26.8 Å². The average Bonchev–Trinajstić information content (AvgIpc) is 3.38. The van der Waals surface area contributed by atoms with Gasteiger partial charge in [-0.1, -0.05) is 16.5 Å². The van der Waals surface area contributed by atoms with Gasteiger partial charge in [0.25, 0.3) is 5.91 Å². The minimum absolute atomic E-state index is 0.195. The molecule has 10 nitrogen and oxygen atoms in total. The highest BCUT2D eigenvalue weighted by Gasteiger charge is 2.25. The van der Waals surface area contributed by atoms with Gasteiger partial charge in [-0.25, -0.2) is 9.78 Å². The first-order chi connectivity index (χ1) is 14.9. The molecular formula is C20H21N5O5S. The number of amides is 3. The van der Waals surface area contributed by atoms with Crippen LogP contribution in [-0.4, -0.2) is 47.7 Å². The number of thiazole rings is 1. The van der Waals surface area contributed by atoms with Crippen LogP contribution in [0.25, 0.3) is 0 Å². The quantitative estimate of drug-likeness (QED) is 0.621. The van der Waals surface area contributed by atoms with Crippen molar-refractivity contribution in [2.45, 2.75) is 19.9 Å². The molecule has 3 amide bonds. The maximum absolute atomic E-state index is 12.8. The fourth-order valence-corrected chi connectivity index (χ4v) is 4.16. The van der Waals surface area contributed by atoms with Crippen molar-refractivity contribution < 1.29 is 23.6 Å². The number of methoxy groups -OCH3 is 2. The molecule has 0 bridgehead atoms. The molecule has 0 atom stereocenters. The first-order valence-electron chi connectivity index (χ1n) is 9.47. The Morgan fingerprint density at radius 2 is 1.87 bits per heavy atom. The molecule has 0 saturated heterocycles. The molecule has 0 aliphatic carbocycles. The van der Waals surface area contributed by atoms with Crippen molar-refractivity contribution in [2.75, 3.05) is 31.4 Å². The van der Waals surface area contributed by atoms with E-state index in [4.69, 9.17) is 14.0 Å². The fourth-order valence-electron chi connectivity index (χ4n) is 3.14. The second kappa shape index (κ2) is 8.64. The number of carbonyl (C=O) groups is 2. The van der Waals surface area contributed by atoms with Gasteiger partial charge in [0.15, 0.2) is 10.8 Å². The second-order valence-electron chi connectivity index (χ2n) is 6.87. The van der Waals surface area contributed by atoms with Crippen molar-refractivity contribution in [3.8, 4) is 11.5 Å². The first-order valence-corrected chi connectivity index (χ1v) is 10.3. The van der Waals surface area contributed by atoms with Crippen LogP contribution in [0.4, 0.5) is 15.6 Å². The summed E-state index contributed by atoms with van der Waals surface area (Å²) in [6, 6.07) is 6.50. The highest BCUT2D eigenvalue weighted by atomic mass is 32.1. The molecule has 1 aliphatic rings. The summed E-state index contributed by atoms with van der Waals surface area (Å²) in [7, 11) is 3.10. The van der Waals surface area contributed by atoms with Gasteiger partial charge < -0.3 is 24.2 Å². The molecule has 3 aromatic rings. The Morgan fingerprint density at radius 3 is 2.52 bits per heavy atom. The molecular weight excluding hydrogens is 422 g/mol. The number of aromatic nitrogens is 2. The highest BCUT2D eigenvalue weighted by Crippen LogP contribution is 2.30. The predicted molar refractivity (Wildman–Crippen MR) is 114 cm³/mol. The second-order valence-corrected chi connectivity index (χ2v) is 7.95. The first kappa shape index (κ1) is 20.7. The van der Waals surface area contributed by atoms with Crippen molar-refractivity contribution >= 4 is 34.1 Å². The van der Waals surface area contributed by atoms with E-state index in [-0.39, 0.29) is 17.6 Å². The van der Waals surface area contributed by atoms with E-state index in [1.807, 2.05) is 0 Å². The molecule has 0 spiro atoms. The average molecular weight is 443 g/mol. The molecule has 31 heavy (non-hydrogen) atoms. The van der Waals surface area contributed by atoms with Crippen molar-refractivity contribution in [3.63, 3.8) is 0 Å². The number of benzene rings is 1. The number of nitrogens with zero attached hydrogens (tertiary/aromatic N) is 3. The largest absolute Gasteiger partial charge is 0.497 e. The number of carbonyl (C=O) groups excluding carboxylic acids is 2. The summed E-state index contributed by atoms with van der Waals surface area (Å²) in [6.07, 6.45) is 0.597. The number of hydrogen-bond donors (Lipinski definition) is 2. The van der Waals surface area contributed by atoms with Gasteiger partial charge in [0, 0.05) is 47.8 Å². The minimum Gasteiger partial charge on any atom is -0.497 e. The molecule has 1 aliphatic heterocycles. The third-order valence-corrected chi connectivity index (χ3v) is 5.70. The molecule has 0 radical (unpaired) electrons. The molecule has 2 N–H and O–H groups in total. The van der Waals surface area contributed by atoms with Gasteiger partial charge in [-0.3, -0.25) is 10.1 Å². The van der Waals surface area contributed by atoms with E-state index in [1.54, 1.807) is 50.3 Å². The summed E-state index contributed by atoms with van der Waals surface area (Å²) in [5.74, 6) is 1.34. The van der Waals surface area contributed by atoms with Crippen LogP contribution in [0.15, 0.2) is 28.8 Å². The topological polar surface area (TPSA) is 119 Å². The zero-order valence-corrected chi connectivity index (χ0v) is 18.0. The number of rotatable bonds is 5. The molecule has 0 fully saturated rings. The molecule has 4 rings (SSSR count). The molecule has 0 unspecified atom stereocenters. The van der Waals surface area contributed by atoms with Crippen LogP contribution in [0.2, 0.25) is 0 Å². The van der Waals surface area contributed by atoms with Gasteiger partial charge in [-0.15, -0.1) is 0 Å². The maximum Gasteiger partial charge on any atom is 0.322 e. The maximum atomic E-state index is 12.8. The van der Waals surface area contributed by atoms with Gasteiger partial charge in [-0.2, -0.15) is 0 Å². The number of anilines is 2. The van der Waals surface area contributed by atoms with E-state index in [9.17, 15) is 9.59 Å². The summed E-state index contributed by atoms with van der Waals surface area (Å²) in [5, 5.41) is 9.79. The summed E-state index contributed by atoms with van der Waals surface area (Å²) >= 11 is 1.34. The van der Waals surface area contributed by atoms with Crippen LogP contribution in [0.5, 0.6) is 11.5 Å². The zero-order chi connectivity index (χ0) is 22.0. The SMILES string of the molecule is COc1cc(NC(=O)N2CCc3nc(NC(=O)c4cc(C)on4)sc3C2)cc(OC)c1. The Labute approximate surface area is 182 Å². The smallest absolute Gasteiger partial charge is 0.322 e. The fraction of sp³-hybridized carbons (Fsp3) is 0.300. The van der Waals surface area contributed by atoms with Crippen molar-refractivity contribution in [1.82, 2.24) is 15.0 Å². The lowest BCUT2D eigenvalue weighted by Crippen LogP contribution is -2.38. The number of aryl methyl sites for hydroxylation is 1. The van der Waals surface area contributed by atoms with Crippen LogP contribution in [0.3, 0.4) is 0 Å². The Hall–Kier alpha value is -3.60. The molecule has 2 aromatic heterocycles. The summed E-state index contributed by atoms with van der Waals surface area (Å²) in [5.41, 5.74) is 1.65. The third-order valence-electron chi connectivity index (χ3n) is 4.70. The van der Waals surface area contributed by atoms with Gasteiger partial charge in [0.05, 0.1) is 26.5 Å². The van der Waals surface area contributed by atoms with E-state index in [2.05, 4.69) is 20.8 Å². The summed E-state index contributed by atoms with van der Waals surface area (Å²) in [6.45, 7) is 2.63. The van der Waals surface area contributed by atoms with E-state index in [0.29, 0.717) is 47.6 Å². The summed E-state index contributed by atoms with van der Waals surface area (Å²) in [4.78, 5) is 32.1. The lowest BCUT2D eigenvalue weighted by atomic mass is 10.2. The molecule has 3 heterocycles. The number of ether oxygens (including phenoxy) is 2. The lowest BCUT2D eigenvalue weighted by molar-refractivity contribution is 0.101. The zero-order valence-electron chi connectivity index (χ0n) is 17.2. The van der Waals surface area contributed by atoms with Crippen LogP contribution < -0.4 is 20.1 Å². The van der Waals surface area contributed by atoms with Crippen LogP contribution >= 0.6 is 11.3 Å².